The summed E-state index contributed by atoms with van der Waals surface area (Å²) in [5.74, 6) is -0.165. The Morgan fingerprint density at radius 1 is 1.20 bits per heavy atom. The molecule has 1 heterocycles. The lowest BCUT2D eigenvalue weighted by molar-refractivity contribution is -0.126. The number of hydrogen-bond donors (Lipinski definition) is 0. The van der Waals surface area contributed by atoms with Gasteiger partial charge in [-0.3, -0.25) is 4.79 Å². The van der Waals surface area contributed by atoms with Gasteiger partial charge in [0, 0.05) is 19.1 Å². The molecule has 20 heavy (non-hydrogen) atoms. The van der Waals surface area contributed by atoms with Crippen molar-refractivity contribution in [2.45, 2.75) is 38.5 Å². The fraction of sp³-hybridized carbons (Fsp3) is 0.529. The summed E-state index contributed by atoms with van der Waals surface area (Å²) < 4.78 is 5.28. The van der Waals surface area contributed by atoms with Gasteiger partial charge >= 0.3 is 0 Å². The van der Waals surface area contributed by atoms with Crippen molar-refractivity contribution in [2.75, 3.05) is 13.2 Å². The van der Waals surface area contributed by atoms with Gasteiger partial charge in [-0.25, -0.2) is 0 Å². The van der Waals surface area contributed by atoms with Gasteiger partial charge < -0.3 is 4.74 Å². The van der Waals surface area contributed by atoms with Crippen molar-refractivity contribution in [1.82, 2.24) is 0 Å². The van der Waals surface area contributed by atoms with E-state index in [1.54, 1.807) is 0 Å². The zero-order chi connectivity index (χ0) is 14.5. The quantitative estimate of drug-likeness (QED) is 0.843. The third-order valence-corrected chi connectivity index (χ3v) is 3.97. The number of ether oxygens (including phenoxy) is 1. The molecule has 1 aromatic rings. The molecule has 1 atom stereocenters. The second-order valence-electron chi connectivity index (χ2n) is 5.67. The Labute approximate surface area is 120 Å². The Bertz CT molecular complexity index is 493. The number of carbonyl (C=O) groups excluding carboxylic acids is 1. The van der Waals surface area contributed by atoms with Crippen molar-refractivity contribution < 1.29 is 9.53 Å². The van der Waals surface area contributed by atoms with E-state index in [1.807, 2.05) is 24.3 Å². The first-order chi connectivity index (χ1) is 9.63. The number of rotatable bonds is 4. The lowest BCUT2D eigenvalue weighted by Gasteiger charge is -2.23. The van der Waals surface area contributed by atoms with Crippen LogP contribution in [-0.4, -0.2) is 19.0 Å². The van der Waals surface area contributed by atoms with Crippen LogP contribution in [0.15, 0.2) is 24.3 Å². The first-order valence-electron chi connectivity index (χ1n) is 7.24. The van der Waals surface area contributed by atoms with E-state index in [0.29, 0.717) is 19.1 Å². The van der Waals surface area contributed by atoms with Gasteiger partial charge in [-0.15, -0.1) is 0 Å². The van der Waals surface area contributed by atoms with Crippen LogP contribution in [0.1, 0.15) is 49.7 Å². The van der Waals surface area contributed by atoms with E-state index in [0.717, 1.165) is 18.4 Å². The number of nitriles is 1. The molecule has 1 fully saturated rings. The summed E-state index contributed by atoms with van der Waals surface area (Å²) in [6.45, 7) is 5.51. The summed E-state index contributed by atoms with van der Waals surface area (Å²) in [4.78, 5) is 12.5. The van der Waals surface area contributed by atoms with Gasteiger partial charge in [0.25, 0.3) is 0 Å². The molecule has 3 nitrogen and oxygen atoms in total. The molecule has 0 N–H and O–H groups in total. The number of hydrogen-bond acceptors (Lipinski definition) is 3. The topological polar surface area (TPSA) is 50.1 Å². The SMILES string of the molecule is CC(C)c1ccc(C(C#N)C(=O)C2CCOCC2)cc1. The van der Waals surface area contributed by atoms with Crippen LogP contribution < -0.4 is 0 Å². The maximum absolute atomic E-state index is 12.5. The predicted octanol–water partition coefficient (Wildman–Crippen LogP) is 3.41. The first-order valence-corrected chi connectivity index (χ1v) is 7.24. The fourth-order valence-electron chi connectivity index (χ4n) is 2.59. The van der Waals surface area contributed by atoms with Crippen molar-refractivity contribution in [1.29, 1.82) is 5.26 Å². The van der Waals surface area contributed by atoms with Crippen LogP contribution in [0.5, 0.6) is 0 Å². The van der Waals surface area contributed by atoms with Crippen LogP contribution in [-0.2, 0) is 9.53 Å². The third kappa shape index (κ3) is 3.26. The van der Waals surface area contributed by atoms with E-state index in [4.69, 9.17) is 4.74 Å². The van der Waals surface area contributed by atoms with E-state index in [-0.39, 0.29) is 11.7 Å². The molecular weight excluding hydrogens is 250 g/mol. The molecule has 0 saturated carbocycles. The van der Waals surface area contributed by atoms with E-state index in [2.05, 4.69) is 19.9 Å². The second kappa shape index (κ2) is 6.67. The average Bonchev–Trinajstić information content (AvgIpc) is 2.49. The van der Waals surface area contributed by atoms with E-state index >= 15 is 0 Å². The molecule has 1 unspecified atom stereocenters. The highest BCUT2D eigenvalue weighted by Gasteiger charge is 2.29. The van der Waals surface area contributed by atoms with Gasteiger partial charge in [-0.1, -0.05) is 38.1 Å². The highest BCUT2D eigenvalue weighted by molar-refractivity contribution is 5.90. The summed E-state index contributed by atoms with van der Waals surface area (Å²) in [6.07, 6.45) is 1.47. The Morgan fingerprint density at radius 2 is 1.75 bits per heavy atom. The van der Waals surface area contributed by atoms with Gasteiger partial charge in [0.15, 0.2) is 5.78 Å². The molecule has 3 heteroatoms. The minimum atomic E-state index is -0.640. The van der Waals surface area contributed by atoms with E-state index < -0.39 is 5.92 Å². The number of ketones is 1. The number of nitrogens with zero attached hydrogens (tertiary/aromatic N) is 1. The highest BCUT2D eigenvalue weighted by atomic mass is 16.5. The Kier molecular flexibility index (Phi) is 4.92. The molecule has 106 valence electrons. The maximum Gasteiger partial charge on any atom is 0.157 e. The third-order valence-electron chi connectivity index (χ3n) is 3.97. The Morgan fingerprint density at radius 3 is 2.25 bits per heavy atom. The van der Waals surface area contributed by atoms with Gasteiger partial charge in [-0.2, -0.15) is 5.26 Å². The molecule has 0 bridgehead atoms. The predicted molar refractivity (Wildman–Crippen MR) is 77.4 cm³/mol. The van der Waals surface area contributed by atoms with Gasteiger partial charge in [0.2, 0.25) is 0 Å². The van der Waals surface area contributed by atoms with Crippen molar-refractivity contribution in [3.8, 4) is 6.07 Å². The lowest BCUT2D eigenvalue weighted by Crippen LogP contribution is -2.27. The van der Waals surface area contributed by atoms with Gasteiger partial charge in [0.05, 0.1) is 6.07 Å². The largest absolute Gasteiger partial charge is 0.381 e. The number of Topliss-reactive ketones (excluding diaryl/α,β-unsaturated/α-hetero) is 1. The zero-order valence-corrected chi connectivity index (χ0v) is 12.1. The van der Waals surface area contributed by atoms with Crippen LogP contribution in [0.2, 0.25) is 0 Å². The molecule has 1 aliphatic heterocycles. The molecule has 0 radical (unpaired) electrons. The summed E-state index contributed by atoms with van der Waals surface area (Å²) in [5.41, 5.74) is 2.04. The summed E-state index contributed by atoms with van der Waals surface area (Å²) in [6, 6.07) is 10.0. The molecule has 1 aliphatic rings. The molecule has 0 spiro atoms. The minimum absolute atomic E-state index is 0.0295. The number of carbonyl (C=O) groups is 1. The Hall–Kier alpha value is -1.66. The molecular formula is C17H21NO2. The maximum atomic E-state index is 12.5. The normalized spacial score (nSPS) is 17.7. The summed E-state index contributed by atoms with van der Waals surface area (Å²) in [7, 11) is 0. The van der Waals surface area contributed by atoms with Crippen LogP contribution >= 0.6 is 0 Å². The molecule has 1 saturated heterocycles. The molecule has 0 aromatic heterocycles. The number of benzene rings is 1. The first kappa shape index (κ1) is 14.7. The monoisotopic (exact) mass is 271 g/mol. The average molecular weight is 271 g/mol. The van der Waals surface area contributed by atoms with Crippen molar-refractivity contribution >= 4 is 5.78 Å². The Balaban J connectivity index is 2.15. The van der Waals surface area contributed by atoms with Crippen LogP contribution in [0.3, 0.4) is 0 Å². The van der Waals surface area contributed by atoms with Crippen molar-refractivity contribution in [2.24, 2.45) is 5.92 Å². The molecule has 0 amide bonds. The molecule has 2 rings (SSSR count). The molecule has 1 aromatic carbocycles. The van der Waals surface area contributed by atoms with Gasteiger partial charge in [-0.05, 0) is 29.9 Å². The molecule has 0 aliphatic carbocycles. The van der Waals surface area contributed by atoms with Crippen LogP contribution in [0, 0.1) is 17.2 Å². The fourth-order valence-corrected chi connectivity index (χ4v) is 2.59. The second-order valence-corrected chi connectivity index (χ2v) is 5.67. The van der Waals surface area contributed by atoms with Crippen LogP contribution in [0.4, 0.5) is 0 Å². The van der Waals surface area contributed by atoms with Crippen LogP contribution in [0.25, 0.3) is 0 Å². The minimum Gasteiger partial charge on any atom is -0.381 e. The smallest absolute Gasteiger partial charge is 0.157 e. The van der Waals surface area contributed by atoms with E-state index in [1.165, 1.54) is 5.56 Å². The van der Waals surface area contributed by atoms with Crippen molar-refractivity contribution in [3.05, 3.63) is 35.4 Å². The standard InChI is InChI=1S/C17H21NO2/c1-12(2)13-3-5-14(6-4-13)16(11-18)17(19)15-7-9-20-10-8-15/h3-6,12,15-16H,7-10H2,1-2H3. The highest BCUT2D eigenvalue weighted by Crippen LogP contribution is 2.26. The lowest BCUT2D eigenvalue weighted by atomic mass is 9.84. The summed E-state index contributed by atoms with van der Waals surface area (Å²) >= 11 is 0. The van der Waals surface area contributed by atoms with Gasteiger partial charge in [0.1, 0.15) is 5.92 Å². The zero-order valence-electron chi connectivity index (χ0n) is 12.1. The van der Waals surface area contributed by atoms with Crippen molar-refractivity contribution in [3.63, 3.8) is 0 Å². The van der Waals surface area contributed by atoms with E-state index in [9.17, 15) is 10.1 Å². The summed E-state index contributed by atoms with van der Waals surface area (Å²) in [5, 5.41) is 9.36.